The smallest absolute Gasteiger partial charge is 0.315 e. The van der Waals surface area contributed by atoms with E-state index in [2.05, 4.69) is 28.1 Å². The molecule has 0 aromatic heterocycles. The minimum Gasteiger partial charge on any atom is -0.497 e. The fraction of sp³-hybridized carbons (Fsp3) is 0.579. The van der Waals surface area contributed by atoms with Crippen LogP contribution in [0.1, 0.15) is 49.1 Å². The molecule has 1 heterocycles. The van der Waals surface area contributed by atoms with Crippen LogP contribution in [0.3, 0.4) is 0 Å². The highest BCUT2D eigenvalue weighted by molar-refractivity contribution is 5.87. The Bertz CT molecular complexity index is 632. The second kappa shape index (κ2) is 8.23. The minimum absolute atomic E-state index is 0.0808. The maximum Gasteiger partial charge on any atom is 0.315 e. The number of methoxy groups -OCH3 is 1. The molecule has 1 saturated heterocycles. The Balaban J connectivity index is 1.55. The Labute approximate surface area is 148 Å². The number of carbonyl (C=O) groups excluding carboxylic acids is 2. The van der Waals surface area contributed by atoms with E-state index in [9.17, 15) is 9.59 Å². The van der Waals surface area contributed by atoms with E-state index in [0.717, 1.165) is 37.9 Å². The number of benzene rings is 1. The van der Waals surface area contributed by atoms with Crippen LogP contribution < -0.4 is 20.7 Å². The molecule has 2 aliphatic rings. The predicted molar refractivity (Wildman–Crippen MR) is 95.9 cm³/mol. The van der Waals surface area contributed by atoms with Gasteiger partial charge in [0.15, 0.2) is 0 Å². The summed E-state index contributed by atoms with van der Waals surface area (Å²) in [7, 11) is 1.68. The molecule has 136 valence electrons. The third-order valence-electron chi connectivity index (χ3n) is 5.14. The van der Waals surface area contributed by atoms with Crippen LogP contribution in [0.25, 0.3) is 0 Å². The second-order valence-electron chi connectivity index (χ2n) is 6.85. The molecule has 6 nitrogen and oxygen atoms in total. The summed E-state index contributed by atoms with van der Waals surface area (Å²) in [6.45, 7) is 1.28. The van der Waals surface area contributed by atoms with E-state index in [1.54, 1.807) is 7.11 Å². The number of hydrogen-bond donors (Lipinski definition) is 3. The van der Waals surface area contributed by atoms with Crippen LogP contribution in [-0.4, -0.2) is 38.2 Å². The van der Waals surface area contributed by atoms with Gasteiger partial charge in [-0.2, -0.15) is 0 Å². The van der Waals surface area contributed by atoms with Crippen molar-refractivity contribution in [2.24, 2.45) is 0 Å². The third-order valence-corrected chi connectivity index (χ3v) is 5.14. The molecule has 1 aliphatic carbocycles. The molecule has 1 fully saturated rings. The number of aryl methyl sites for hydroxylation is 1. The van der Waals surface area contributed by atoms with Crippen molar-refractivity contribution in [2.45, 2.75) is 50.5 Å². The van der Waals surface area contributed by atoms with Gasteiger partial charge in [0.1, 0.15) is 11.8 Å². The molecule has 6 heteroatoms. The van der Waals surface area contributed by atoms with E-state index in [1.165, 1.54) is 11.1 Å². The van der Waals surface area contributed by atoms with Crippen LogP contribution in [0.4, 0.5) is 4.79 Å². The van der Waals surface area contributed by atoms with Gasteiger partial charge in [0.05, 0.1) is 7.11 Å². The van der Waals surface area contributed by atoms with Crippen molar-refractivity contribution in [3.05, 3.63) is 29.3 Å². The summed E-state index contributed by atoms with van der Waals surface area (Å²) in [6, 6.07) is 5.49. The standard InChI is InChI=1S/C19H27N3O3/c1-25-15-8-9-16-13(11-15)5-4-6-14(16)12-21-19(24)22-17-7-2-3-10-20-18(17)23/h8-9,11,14,17H,2-7,10,12H2,1H3,(H,20,23)(H2,21,22,24)/t14-,17-/m1/s1. The molecule has 1 aromatic carbocycles. The van der Waals surface area contributed by atoms with Crippen molar-refractivity contribution in [1.29, 1.82) is 0 Å². The lowest BCUT2D eigenvalue weighted by Crippen LogP contribution is -2.49. The first-order valence-electron chi connectivity index (χ1n) is 9.16. The molecule has 3 amide bonds. The van der Waals surface area contributed by atoms with Crippen LogP contribution in [0.15, 0.2) is 18.2 Å². The number of amides is 3. The Morgan fingerprint density at radius 2 is 2.16 bits per heavy atom. The monoisotopic (exact) mass is 345 g/mol. The van der Waals surface area contributed by atoms with Crippen LogP contribution >= 0.6 is 0 Å². The van der Waals surface area contributed by atoms with E-state index in [1.807, 2.05) is 6.07 Å². The molecule has 3 N–H and O–H groups in total. The first-order chi connectivity index (χ1) is 12.2. The van der Waals surface area contributed by atoms with Crippen LogP contribution in [0, 0.1) is 0 Å². The topological polar surface area (TPSA) is 79.5 Å². The second-order valence-corrected chi connectivity index (χ2v) is 6.85. The molecule has 0 radical (unpaired) electrons. The summed E-state index contributed by atoms with van der Waals surface area (Å²) in [5.41, 5.74) is 2.60. The van der Waals surface area contributed by atoms with Crippen LogP contribution in [-0.2, 0) is 11.2 Å². The van der Waals surface area contributed by atoms with Crippen molar-refractivity contribution in [3.8, 4) is 5.75 Å². The van der Waals surface area contributed by atoms with Crippen molar-refractivity contribution in [2.75, 3.05) is 20.2 Å². The lowest BCUT2D eigenvalue weighted by Gasteiger charge is -2.26. The van der Waals surface area contributed by atoms with Gasteiger partial charge >= 0.3 is 6.03 Å². The maximum atomic E-state index is 12.2. The van der Waals surface area contributed by atoms with Gasteiger partial charge in [0.25, 0.3) is 0 Å². The lowest BCUT2D eigenvalue weighted by atomic mass is 9.82. The molecule has 0 unspecified atom stereocenters. The largest absolute Gasteiger partial charge is 0.497 e. The van der Waals surface area contributed by atoms with Gasteiger partial charge < -0.3 is 20.7 Å². The minimum atomic E-state index is -0.426. The highest BCUT2D eigenvalue weighted by Gasteiger charge is 2.24. The molecule has 1 aromatic rings. The fourth-order valence-electron chi connectivity index (χ4n) is 3.73. The average molecular weight is 345 g/mol. The van der Waals surface area contributed by atoms with Crippen molar-refractivity contribution < 1.29 is 14.3 Å². The molecular formula is C19H27N3O3. The lowest BCUT2D eigenvalue weighted by molar-refractivity contribution is -0.122. The summed E-state index contributed by atoms with van der Waals surface area (Å²) >= 11 is 0. The highest BCUT2D eigenvalue weighted by Crippen LogP contribution is 2.33. The zero-order valence-electron chi connectivity index (χ0n) is 14.8. The van der Waals surface area contributed by atoms with Crippen molar-refractivity contribution >= 4 is 11.9 Å². The number of urea groups is 1. The van der Waals surface area contributed by atoms with Gasteiger partial charge in [-0.05, 0) is 61.8 Å². The number of ether oxygens (including phenoxy) is 1. The molecule has 2 atom stereocenters. The van der Waals surface area contributed by atoms with Crippen LogP contribution in [0.5, 0.6) is 5.75 Å². The van der Waals surface area contributed by atoms with Gasteiger partial charge in [-0.3, -0.25) is 4.79 Å². The Hall–Kier alpha value is -2.24. The molecule has 3 rings (SSSR count). The first-order valence-corrected chi connectivity index (χ1v) is 9.16. The molecule has 25 heavy (non-hydrogen) atoms. The maximum absolute atomic E-state index is 12.2. The summed E-state index contributed by atoms with van der Waals surface area (Å²) in [5, 5.41) is 8.59. The van der Waals surface area contributed by atoms with Crippen molar-refractivity contribution in [1.82, 2.24) is 16.0 Å². The number of nitrogens with one attached hydrogen (secondary N) is 3. The first kappa shape index (κ1) is 17.6. The quantitative estimate of drug-likeness (QED) is 0.782. The van der Waals surface area contributed by atoms with E-state index in [-0.39, 0.29) is 11.9 Å². The predicted octanol–water partition coefficient (Wildman–Crippen LogP) is 2.08. The highest BCUT2D eigenvalue weighted by atomic mass is 16.5. The Kier molecular flexibility index (Phi) is 5.79. The molecule has 1 aliphatic heterocycles. The van der Waals surface area contributed by atoms with E-state index < -0.39 is 6.04 Å². The SMILES string of the molecule is COc1ccc2c(c1)CCC[C@@H]2CNC(=O)N[C@@H]1CCCCNC1=O. The number of hydrogen-bond acceptors (Lipinski definition) is 3. The molecule has 0 saturated carbocycles. The summed E-state index contributed by atoms with van der Waals surface area (Å²) in [4.78, 5) is 24.1. The third kappa shape index (κ3) is 4.44. The normalized spacial score (nSPS) is 23.0. The van der Waals surface area contributed by atoms with Gasteiger partial charge in [0.2, 0.25) is 5.91 Å². The van der Waals surface area contributed by atoms with E-state index in [0.29, 0.717) is 25.4 Å². The Morgan fingerprint density at radius 3 is 3.00 bits per heavy atom. The zero-order chi connectivity index (χ0) is 17.6. The summed E-state index contributed by atoms with van der Waals surface area (Å²) in [5.74, 6) is 1.11. The summed E-state index contributed by atoms with van der Waals surface area (Å²) < 4.78 is 5.30. The molecular weight excluding hydrogens is 318 g/mol. The average Bonchev–Trinajstić information content (AvgIpc) is 2.83. The van der Waals surface area contributed by atoms with Gasteiger partial charge in [-0.1, -0.05) is 6.07 Å². The van der Waals surface area contributed by atoms with Crippen molar-refractivity contribution in [3.63, 3.8) is 0 Å². The zero-order valence-corrected chi connectivity index (χ0v) is 14.8. The van der Waals surface area contributed by atoms with Gasteiger partial charge in [-0.15, -0.1) is 0 Å². The number of carbonyl (C=O) groups is 2. The van der Waals surface area contributed by atoms with Gasteiger partial charge in [0, 0.05) is 19.0 Å². The van der Waals surface area contributed by atoms with E-state index in [4.69, 9.17) is 4.74 Å². The fourth-order valence-corrected chi connectivity index (χ4v) is 3.73. The molecule has 0 bridgehead atoms. The molecule has 0 spiro atoms. The Morgan fingerprint density at radius 1 is 1.28 bits per heavy atom. The number of rotatable bonds is 4. The summed E-state index contributed by atoms with van der Waals surface area (Å²) in [6.07, 6.45) is 5.83. The number of fused-ring (bicyclic) bond motifs is 1. The van der Waals surface area contributed by atoms with Crippen LogP contribution in [0.2, 0.25) is 0 Å². The van der Waals surface area contributed by atoms with Gasteiger partial charge in [-0.25, -0.2) is 4.79 Å². The van der Waals surface area contributed by atoms with E-state index >= 15 is 0 Å².